The molecule has 0 aliphatic carbocycles. The summed E-state index contributed by atoms with van der Waals surface area (Å²) in [7, 11) is 0. The summed E-state index contributed by atoms with van der Waals surface area (Å²) in [5, 5.41) is 2.10. The van der Waals surface area contributed by atoms with E-state index in [2.05, 4.69) is 5.32 Å². The fraction of sp³-hybridized carbons (Fsp3) is 0. The number of carbonyl (C=O) groups is 1. The number of hydrogen-bond acceptors (Lipinski definition) is 1. The fourth-order valence-electron chi connectivity index (χ4n) is 0.894. The number of carbonyl (C=O) groups excluding carboxylic acids is 1. The molecule has 0 saturated carbocycles. The molecule has 5 heteroatoms. The minimum absolute atomic E-state index is 0.623. The number of halogens is 3. The molecule has 74 valence electrons. The van der Waals surface area contributed by atoms with Crippen molar-refractivity contribution in [1.82, 2.24) is 5.32 Å². The van der Waals surface area contributed by atoms with Gasteiger partial charge in [-0.1, -0.05) is 17.7 Å². The molecular formula is C9H6ClF2NO. The zero-order chi connectivity index (χ0) is 10.6. The van der Waals surface area contributed by atoms with Crippen LogP contribution in [0, 0.1) is 11.6 Å². The van der Waals surface area contributed by atoms with Crippen molar-refractivity contribution in [1.29, 1.82) is 0 Å². The van der Waals surface area contributed by atoms with Crippen molar-refractivity contribution in [2.24, 2.45) is 0 Å². The Morgan fingerprint density at radius 2 is 1.93 bits per heavy atom. The van der Waals surface area contributed by atoms with E-state index in [4.69, 9.17) is 11.6 Å². The van der Waals surface area contributed by atoms with Crippen LogP contribution >= 0.6 is 11.6 Å². The van der Waals surface area contributed by atoms with Gasteiger partial charge in [0.05, 0.1) is 0 Å². The highest BCUT2D eigenvalue weighted by molar-refractivity contribution is 6.25. The molecule has 0 saturated heterocycles. The summed E-state index contributed by atoms with van der Waals surface area (Å²) < 4.78 is 25.9. The smallest absolute Gasteiger partial charge is 0.261 e. The first kappa shape index (κ1) is 10.7. The first-order chi connectivity index (χ1) is 6.66. The standard InChI is InChI=1S/C9H6ClF2NO/c10-4-5-13-9(14)8-6(11)2-1-3-7(8)12/h1-5H,(H,13,14). The molecule has 0 aliphatic heterocycles. The molecule has 0 aromatic heterocycles. The summed E-state index contributed by atoms with van der Waals surface area (Å²) in [6.07, 6.45) is 1.08. The normalized spacial score (nSPS) is 10.5. The molecule has 0 radical (unpaired) electrons. The first-order valence-corrected chi connectivity index (χ1v) is 4.10. The lowest BCUT2D eigenvalue weighted by Gasteiger charge is -2.02. The molecule has 1 aromatic rings. The van der Waals surface area contributed by atoms with Crippen molar-refractivity contribution in [2.75, 3.05) is 0 Å². The van der Waals surface area contributed by atoms with E-state index in [1.165, 1.54) is 6.07 Å². The van der Waals surface area contributed by atoms with E-state index in [1.807, 2.05) is 0 Å². The van der Waals surface area contributed by atoms with Crippen molar-refractivity contribution in [3.05, 3.63) is 47.1 Å². The highest BCUT2D eigenvalue weighted by atomic mass is 35.5. The van der Waals surface area contributed by atoms with Crippen LogP contribution in [0.5, 0.6) is 0 Å². The van der Waals surface area contributed by atoms with E-state index in [0.717, 1.165) is 23.9 Å². The number of benzene rings is 1. The lowest BCUT2D eigenvalue weighted by Crippen LogP contribution is -2.19. The Morgan fingerprint density at radius 1 is 1.36 bits per heavy atom. The number of rotatable bonds is 2. The average Bonchev–Trinajstić information content (AvgIpc) is 2.14. The van der Waals surface area contributed by atoms with Gasteiger partial charge >= 0.3 is 0 Å². The van der Waals surface area contributed by atoms with Crippen molar-refractivity contribution < 1.29 is 13.6 Å². The Labute approximate surface area is 84.2 Å². The van der Waals surface area contributed by atoms with Crippen molar-refractivity contribution in [2.45, 2.75) is 0 Å². The molecule has 0 atom stereocenters. The largest absolute Gasteiger partial charge is 0.328 e. The summed E-state index contributed by atoms with van der Waals surface area (Å²) in [5.74, 6) is -2.70. The zero-order valence-corrected chi connectivity index (χ0v) is 7.68. The monoisotopic (exact) mass is 217 g/mol. The molecule has 0 unspecified atom stereocenters. The van der Waals surface area contributed by atoms with E-state index in [1.54, 1.807) is 0 Å². The van der Waals surface area contributed by atoms with E-state index in [-0.39, 0.29) is 0 Å². The Morgan fingerprint density at radius 3 is 2.43 bits per heavy atom. The highest BCUT2D eigenvalue weighted by Crippen LogP contribution is 2.11. The van der Waals surface area contributed by atoms with Gasteiger partial charge in [-0.2, -0.15) is 0 Å². The van der Waals surface area contributed by atoms with Gasteiger partial charge in [-0.05, 0) is 12.1 Å². The molecule has 0 heterocycles. The predicted octanol–water partition coefficient (Wildman–Crippen LogP) is 2.40. The van der Waals surface area contributed by atoms with E-state index < -0.39 is 23.1 Å². The zero-order valence-electron chi connectivity index (χ0n) is 6.93. The summed E-state index contributed by atoms with van der Waals surface area (Å²) in [6.45, 7) is 0. The summed E-state index contributed by atoms with van der Waals surface area (Å²) in [5.41, 5.74) is 0.402. The molecule has 0 bridgehead atoms. The van der Waals surface area contributed by atoms with Crippen LogP contribution in [0.15, 0.2) is 29.9 Å². The van der Waals surface area contributed by atoms with Gasteiger partial charge in [-0.3, -0.25) is 4.79 Å². The summed E-state index contributed by atoms with van der Waals surface area (Å²) in [6, 6.07) is 3.18. The molecule has 1 amide bonds. The van der Waals surface area contributed by atoms with Crippen molar-refractivity contribution in [3.63, 3.8) is 0 Å². The van der Waals surface area contributed by atoms with Crippen LogP contribution in [0.2, 0.25) is 0 Å². The Kier molecular flexibility index (Phi) is 3.59. The van der Waals surface area contributed by atoms with Gasteiger partial charge in [0.15, 0.2) is 0 Å². The molecule has 1 rings (SSSR count). The van der Waals surface area contributed by atoms with Crippen LogP contribution in [-0.4, -0.2) is 5.91 Å². The van der Waals surface area contributed by atoms with Gasteiger partial charge in [0, 0.05) is 11.7 Å². The van der Waals surface area contributed by atoms with Crippen LogP contribution in [0.25, 0.3) is 0 Å². The summed E-state index contributed by atoms with van der Waals surface area (Å²) in [4.78, 5) is 11.1. The number of nitrogens with one attached hydrogen (secondary N) is 1. The van der Waals surface area contributed by atoms with E-state index in [0.29, 0.717) is 0 Å². The minimum atomic E-state index is -0.912. The Hall–Kier alpha value is -1.42. The fourth-order valence-corrected chi connectivity index (χ4v) is 0.957. The second kappa shape index (κ2) is 4.72. The van der Waals surface area contributed by atoms with Crippen molar-refractivity contribution >= 4 is 17.5 Å². The SMILES string of the molecule is O=C(NC=CCl)c1c(F)cccc1F. The second-order valence-corrected chi connectivity index (χ2v) is 2.61. The molecule has 0 aliphatic rings. The minimum Gasteiger partial charge on any atom is -0.328 e. The molecule has 1 aromatic carbocycles. The van der Waals surface area contributed by atoms with Gasteiger partial charge in [-0.15, -0.1) is 0 Å². The first-order valence-electron chi connectivity index (χ1n) is 3.67. The van der Waals surface area contributed by atoms with E-state index >= 15 is 0 Å². The molecule has 0 spiro atoms. The van der Waals surface area contributed by atoms with Crippen LogP contribution < -0.4 is 5.32 Å². The van der Waals surface area contributed by atoms with Gasteiger partial charge in [0.25, 0.3) is 5.91 Å². The third kappa shape index (κ3) is 2.29. The topological polar surface area (TPSA) is 29.1 Å². The summed E-state index contributed by atoms with van der Waals surface area (Å²) >= 11 is 5.13. The maximum atomic E-state index is 13.0. The number of hydrogen-bond donors (Lipinski definition) is 1. The lowest BCUT2D eigenvalue weighted by molar-refractivity contribution is 0.0962. The lowest BCUT2D eigenvalue weighted by atomic mass is 10.2. The van der Waals surface area contributed by atoms with E-state index in [9.17, 15) is 13.6 Å². The highest BCUT2D eigenvalue weighted by Gasteiger charge is 2.15. The molecular weight excluding hydrogens is 212 g/mol. The molecule has 14 heavy (non-hydrogen) atoms. The number of amides is 1. The predicted molar refractivity (Wildman–Crippen MR) is 48.8 cm³/mol. The third-order valence-corrected chi connectivity index (χ3v) is 1.59. The second-order valence-electron chi connectivity index (χ2n) is 2.36. The molecule has 0 fully saturated rings. The van der Waals surface area contributed by atoms with Crippen LogP contribution in [0.4, 0.5) is 8.78 Å². The maximum absolute atomic E-state index is 13.0. The average molecular weight is 218 g/mol. The Balaban J connectivity index is 3.00. The molecule has 1 N–H and O–H groups in total. The van der Waals surface area contributed by atoms with Gasteiger partial charge < -0.3 is 5.32 Å². The van der Waals surface area contributed by atoms with Crippen LogP contribution in [0.1, 0.15) is 10.4 Å². The van der Waals surface area contributed by atoms with Crippen molar-refractivity contribution in [3.8, 4) is 0 Å². The van der Waals surface area contributed by atoms with Crippen LogP contribution in [-0.2, 0) is 0 Å². The molecule has 2 nitrogen and oxygen atoms in total. The quantitative estimate of drug-likeness (QED) is 0.810. The van der Waals surface area contributed by atoms with Crippen LogP contribution in [0.3, 0.4) is 0 Å². The maximum Gasteiger partial charge on any atom is 0.261 e. The third-order valence-electron chi connectivity index (χ3n) is 1.47. The van der Waals surface area contributed by atoms with Gasteiger partial charge in [-0.25, -0.2) is 8.78 Å². The Bertz CT molecular complexity index is 359. The van der Waals surface area contributed by atoms with Gasteiger partial charge in [0.1, 0.15) is 17.2 Å². The van der Waals surface area contributed by atoms with Gasteiger partial charge in [0.2, 0.25) is 0 Å².